The Bertz CT molecular complexity index is 839. The van der Waals surface area contributed by atoms with Crippen LogP contribution in [0.2, 0.25) is 0 Å². The Kier molecular flexibility index (Phi) is 5.73. The number of carbonyl (C=O) groups excluding carboxylic acids is 2. The number of nitrogens with one attached hydrogen (secondary N) is 2. The number of amides is 2. The van der Waals surface area contributed by atoms with Crippen LogP contribution < -0.4 is 10.1 Å². The van der Waals surface area contributed by atoms with Gasteiger partial charge in [0.15, 0.2) is 5.65 Å². The van der Waals surface area contributed by atoms with Crippen LogP contribution in [-0.4, -0.2) is 56.9 Å². The smallest absolute Gasteiger partial charge is 0.255 e. The van der Waals surface area contributed by atoms with Crippen molar-refractivity contribution < 1.29 is 14.3 Å². The first-order valence-corrected chi connectivity index (χ1v) is 9.24. The first-order chi connectivity index (χ1) is 13.0. The third kappa shape index (κ3) is 4.27. The van der Waals surface area contributed by atoms with Gasteiger partial charge in [0.1, 0.15) is 11.6 Å². The van der Waals surface area contributed by atoms with Crippen LogP contribution in [0.4, 0.5) is 0 Å². The lowest BCUT2D eigenvalue weighted by atomic mass is 10.1. The molecule has 1 aliphatic heterocycles. The van der Waals surface area contributed by atoms with E-state index < -0.39 is 0 Å². The lowest BCUT2D eigenvalue weighted by molar-refractivity contribution is -0.127. The molecule has 2 amide bonds. The highest BCUT2D eigenvalue weighted by molar-refractivity contribution is 6.04. The zero-order valence-electron chi connectivity index (χ0n) is 15.7. The van der Waals surface area contributed by atoms with Gasteiger partial charge in [0.05, 0.1) is 11.8 Å². The van der Waals surface area contributed by atoms with E-state index in [-0.39, 0.29) is 24.0 Å². The third-order valence-corrected chi connectivity index (χ3v) is 4.81. The molecule has 0 spiro atoms. The molecule has 1 atom stereocenters. The maximum Gasteiger partial charge on any atom is 0.255 e. The van der Waals surface area contributed by atoms with E-state index in [1.807, 2.05) is 13.8 Å². The average Bonchev–Trinajstić information content (AvgIpc) is 3.11. The van der Waals surface area contributed by atoms with Crippen molar-refractivity contribution in [1.29, 1.82) is 0 Å². The number of likely N-dealkylation sites (tertiary alicyclic amines) is 1. The van der Waals surface area contributed by atoms with Gasteiger partial charge in [-0.2, -0.15) is 0 Å². The molecule has 144 valence electrons. The van der Waals surface area contributed by atoms with Gasteiger partial charge in [0.2, 0.25) is 11.8 Å². The summed E-state index contributed by atoms with van der Waals surface area (Å²) in [6, 6.07) is 0.0818. The summed E-state index contributed by atoms with van der Waals surface area (Å²) < 4.78 is 5.95. The minimum absolute atomic E-state index is 0.0399. The molecule has 0 unspecified atom stereocenters. The van der Waals surface area contributed by atoms with E-state index in [9.17, 15) is 9.59 Å². The summed E-state index contributed by atoms with van der Waals surface area (Å²) in [6.07, 6.45) is 6.74. The summed E-state index contributed by atoms with van der Waals surface area (Å²) in [6.45, 7) is 8.73. The minimum Gasteiger partial charge on any atom is -0.473 e. The van der Waals surface area contributed by atoms with E-state index in [1.165, 1.54) is 6.08 Å². The molecule has 3 rings (SSSR count). The van der Waals surface area contributed by atoms with Gasteiger partial charge in [-0.25, -0.2) is 9.97 Å². The van der Waals surface area contributed by atoms with Gasteiger partial charge in [-0.05, 0) is 19.4 Å². The zero-order chi connectivity index (χ0) is 19.4. The summed E-state index contributed by atoms with van der Waals surface area (Å²) >= 11 is 0. The number of fused-ring (bicyclic) bond motifs is 1. The fourth-order valence-corrected chi connectivity index (χ4v) is 3.00. The van der Waals surface area contributed by atoms with Crippen LogP contribution in [0, 0.1) is 0 Å². The second-order valence-corrected chi connectivity index (χ2v) is 6.74. The first kappa shape index (κ1) is 18.9. The predicted octanol–water partition coefficient (Wildman–Crippen LogP) is 2.04. The molecule has 1 fully saturated rings. The molecule has 27 heavy (non-hydrogen) atoms. The predicted molar refractivity (Wildman–Crippen MR) is 102 cm³/mol. The standard InChI is InChI=1S/C19H25N5O3/c1-4-12(3)22-19(26)14-10-20-18-17(14)23-15(11-21-18)27-13-6-8-24(9-7-13)16(25)5-2/h5,10-13H,2,4,6-9H2,1,3H3,(H,20,21)(H,22,26)/t12-/m0/s1. The van der Waals surface area contributed by atoms with Crippen LogP contribution in [0.3, 0.4) is 0 Å². The number of aromatic amines is 1. The minimum atomic E-state index is -0.182. The monoisotopic (exact) mass is 371 g/mol. The van der Waals surface area contributed by atoms with Gasteiger partial charge >= 0.3 is 0 Å². The maximum atomic E-state index is 12.4. The molecule has 1 aliphatic rings. The number of hydrogen-bond donors (Lipinski definition) is 2. The molecule has 2 aromatic heterocycles. The van der Waals surface area contributed by atoms with Crippen molar-refractivity contribution in [2.75, 3.05) is 13.1 Å². The molecule has 3 heterocycles. The van der Waals surface area contributed by atoms with Gasteiger partial charge in [0, 0.05) is 38.2 Å². The largest absolute Gasteiger partial charge is 0.473 e. The molecule has 0 aliphatic carbocycles. The summed E-state index contributed by atoms with van der Waals surface area (Å²) in [5.41, 5.74) is 1.49. The molecular formula is C19H25N5O3. The Labute approximate surface area is 158 Å². The number of hydrogen-bond acceptors (Lipinski definition) is 5. The molecule has 8 nitrogen and oxygen atoms in total. The SMILES string of the molecule is C=CC(=O)N1CCC(Oc2cnc3[nH]cc(C(=O)N[C@@H](C)CC)c3n2)CC1. The fourth-order valence-electron chi connectivity index (χ4n) is 3.00. The van der Waals surface area contributed by atoms with Crippen molar-refractivity contribution in [3.63, 3.8) is 0 Å². The number of H-pyrrole nitrogens is 1. The van der Waals surface area contributed by atoms with Crippen molar-refractivity contribution in [1.82, 2.24) is 25.2 Å². The van der Waals surface area contributed by atoms with Crippen LogP contribution >= 0.6 is 0 Å². The topological polar surface area (TPSA) is 100 Å². The van der Waals surface area contributed by atoms with Gasteiger partial charge in [-0.3, -0.25) is 9.59 Å². The second-order valence-electron chi connectivity index (χ2n) is 6.74. The molecule has 1 saturated heterocycles. The molecule has 2 N–H and O–H groups in total. The number of aromatic nitrogens is 3. The van der Waals surface area contributed by atoms with Crippen LogP contribution in [0.25, 0.3) is 11.2 Å². The molecular weight excluding hydrogens is 346 g/mol. The Hall–Kier alpha value is -2.90. The van der Waals surface area contributed by atoms with Crippen LogP contribution in [0.1, 0.15) is 43.5 Å². The van der Waals surface area contributed by atoms with E-state index in [4.69, 9.17) is 4.74 Å². The zero-order valence-corrected chi connectivity index (χ0v) is 15.7. The summed E-state index contributed by atoms with van der Waals surface area (Å²) in [5.74, 6) is 0.144. The lowest BCUT2D eigenvalue weighted by Crippen LogP contribution is -2.41. The Morgan fingerprint density at radius 3 is 2.89 bits per heavy atom. The van der Waals surface area contributed by atoms with Crippen LogP contribution in [0.5, 0.6) is 5.88 Å². The Morgan fingerprint density at radius 2 is 2.22 bits per heavy atom. The van der Waals surface area contributed by atoms with Crippen molar-refractivity contribution >= 4 is 23.0 Å². The highest BCUT2D eigenvalue weighted by atomic mass is 16.5. The van der Waals surface area contributed by atoms with E-state index >= 15 is 0 Å². The van der Waals surface area contributed by atoms with Gasteiger partial charge in [-0.1, -0.05) is 13.5 Å². The molecule has 2 aromatic rings. The third-order valence-electron chi connectivity index (χ3n) is 4.81. The average molecular weight is 371 g/mol. The van der Waals surface area contributed by atoms with Gasteiger partial charge in [-0.15, -0.1) is 0 Å². The normalized spacial score (nSPS) is 16.1. The van der Waals surface area contributed by atoms with E-state index in [0.29, 0.717) is 48.5 Å². The second kappa shape index (κ2) is 8.20. The highest BCUT2D eigenvalue weighted by Gasteiger charge is 2.23. The lowest BCUT2D eigenvalue weighted by Gasteiger charge is -2.31. The van der Waals surface area contributed by atoms with E-state index in [2.05, 4.69) is 26.8 Å². The van der Waals surface area contributed by atoms with Gasteiger partial charge < -0.3 is 19.9 Å². The van der Waals surface area contributed by atoms with Crippen LogP contribution in [0.15, 0.2) is 25.0 Å². The van der Waals surface area contributed by atoms with Gasteiger partial charge in [0.25, 0.3) is 5.91 Å². The fraction of sp³-hybridized carbons (Fsp3) is 0.474. The number of ether oxygens (including phenoxy) is 1. The van der Waals surface area contributed by atoms with Crippen molar-refractivity contribution in [3.8, 4) is 5.88 Å². The number of rotatable bonds is 6. The number of piperidine rings is 1. The summed E-state index contributed by atoms with van der Waals surface area (Å²) in [7, 11) is 0. The molecule has 0 aromatic carbocycles. The Balaban J connectivity index is 1.69. The molecule has 0 bridgehead atoms. The van der Waals surface area contributed by atoms with Crippen LogP contribution in [-0.2, 0) is 4.79 Å². The van der Waals surface area contributed by atoms with E-state index in [1.54, 1.807) is 17.3 Å². The number of carbonyl (C=O) groups is 2. The molecule has 0 saturated carbocycles. The van der Waals surface area contributed by atoms with E-state index in [0.717, 1.165) is 6.42 Å². The number of nitrogens with zero attached hydrogens (tertiary/aromatic N) is 3. The van der Waals surface area contributed by atoms with Crippen molar-refractivity contribution in [2.24, 2.45) is 0 Å². The summed E-state index contributed by atoms with van der Waals surface area (Å²) in [5, 5.41) is 2.93. The Morgan fingerprint density at radius 1 is 1.48 bits per heavy atom. The molecule has 8 heteroatoms. The maximum absolute atomic E-state index is 12.4. The quantitative estimate of drug-likeness (QED) is 0.757. The highest BCUT2D eigenvalue weighted by Crippen LogP contribution is 2.21. The summed E-state index contributed by atoms with van der Waals surface area (Å²) in [4.78, 5) is 37.6. The first-order valence-electron chi connectivity index (χ1n) is 9.24. The molecule has 0 radical (unpaired) electrons. The van der Waals surface area contributed by atoms with Crippen molar-refractivity contribution in [3.05, 3.63) is 30.6 Å². The van der Waals surface area contributed by atoms with Crippen molar-refractivity contribution in [2.45, 2.75) is 45.3 Å².